The number of nitrogens with zero attached hydrogens (tertiary/aromatic N) is 2. The van der Waals surface area contributed by atoms with Crippen molar-refractivity contribution in [3.05, 3.63) is 95.6 Å². The van der Waals surface area contributed by atoms with Gasteiger partial charge in [-0.1, -0.05) is 61.5 Å². The molecule has 208 valence electrons. The van der Waals surface area contributed by atoms with Gasteiger partial charge in [-0.2, -0.15) is 0 Å². The van der Waals surface area contributed by atoms with E-state index in [-0.39, 0.29) is 18.9 Å². The highest BCUT2D eigenvalue weighted by atomic mass is 32.2. The first kappa shape index (κ1) is 29.7. The average molecular weight is 552 g/mol. The number of hydrogen-bond donors (Lipinski definition) is 1. The number of likely N-dealkylation sites (N-methyl/N-ethyl adjacent to an activating group) is 1. The van der Waals surface area contributed by atoms with Crippen molar-refractivity contribution < 1.29 is 22.7 Å². The third kappa shape index (κ3) is 8.32. The van der Waals surface area contributed by atoms with Gasteiger partial charge in [0.25, 0.3) is 0 Å². The molecule has 39 heavy (non-hydrogen) atoms. The number of hydrogen-bond acceptors (Lipinski definition) is 5. The number of rotatable bonds is 13. The van der Waals surface area contributed by atoms with E-state index >= 15 is 0 Å². The molecule has 1 atom stereocenters. The molecule has 0 aliphatic heterocycles. The molecule has 0 fully saturated rings. The molecule has 3 aromatic carbocycles. The SMILES string of the molecule is CCNC(=O)C(Cc1ccccc1)N(Cc1cccc(OC)c1)C(=O)CN(c1ccc(CC)cc1)S(C)(=O)=O. The van der Waals surface area contributed by atoms with Crippen LogP contribution < -0.4 is 14.4 Å². The van der Waals surface area contributed by atoms with Crippen LogP contribution in [-0.4, -0.2) is 57.6 Å². The molecule has 0 aromatic heterocycles. The van der Waals surface area contributed by atoms with E-state index in [1.165, 1.54) is 4.90 Å². The largest absolute Gasteiger partial charge is 0.497 e. The molecule has 1 unspecified atom stereocenters. The summed E-state index contributed by atoms with van der Waals surface area (Å²) in [4.78, 5) is 28.8. The standard InChI is InChI=1S/C30H37N3O5S/c1-5-23-15-17-26(18-16-23)33(39(4,36)37)22-29(34)32(21-25-13-10-14-27(19-25)38-3)28(30(35)31-6-2)20-24-11-8-7-9-12-24/h7-19,28H,5-6,20-22H2,1-4H3,(H,31,35). The van der Waals surface area contributed by atoms with E-state index in [2.05, 4.69) is 5.32 Å². The summed E-state index contributed by atoms with van der Waals surface area (Å²) in [5.41, 5.74) is 3.08. The number of sulfonamides is 1. The van der Waals surface area contributed by atoms with E-state index in [1.54, 1.807) is 31.4 Å². The quantitative estimate of drug-likeness (QED) is 0.349. The lowest BCUT2D eigenvalue weighted by Crippen LogP contribution is -2.53. The first-order chi connectivity index (χ1) is 18.7. The second-order valence-electron chi connectivity index (χ2n) is 9.26. The number of amides is 2. The Hall–Kier alpha value is -3.85. The number of nitrogens with one attached hydrogen (secondary N) is 1. The van der Waals surface area contributed by atoms with Crippen LogP contribution in [-0.2, 0) is 39.0 Å². The molecule has 0 saturated heterocycles. The minimum atomic E-state index is -3.80. The summed E-state index contributed by atoms with van der Waals surface area (Å²) in [6.07, 6.45) is 2.15. The Labute approximate surface area is 231 Å². The number of benzene rings is 3. The maximum absolute atomic E-state index is 14.0. The van der Waals surface area contributed by atoms with E-state index in [0.29, 0.717) is 18.0 Å². The Morgan fingerprint density at radius 2 is 1.56 bits per heavy atom. The monoisotopic (exact) mass is 551 g/mol. The smallest absolute Gasteiger partial charge is 0.244 e. The van der Waals surface area contributed by atoms with Crippen LogP contribution in [0.1, 0.15) is 30.5 Å². The molecule has 0 saturated carbocycles. The third-order valence-electron chi connectivity index (χ3n) is 6.42. The minimum Gasteiger partial charge on any atom is -0.497 e. The highest BCUT2D eigenvalue weighted by Crippen LogP contribution is 2.22. The molecular formula is C30H37N3O5S. The summed E-state index contributed by atoms with van der Waals surface area (Å²) in [6, 6.07) is 22.9. The summed E-state index contributed by atoms with van der Waals surface area (Å²) in [6.45, 7) is 3.87. The second kappa shape index (κ2) is 13.8. The molecule has 0 aliphatic rings. The highest BCUT2D eigenvalue weighted by Gasteiger charge is 2.32. The summed E-state index contributed by atoms with van der Waals surface area (Å²) < 4.78 is 32.1. The van der Waals surface area contributed by atoms with E-state index in [0.717, 1.165) is 33.7 Å². The number of carbonyl (C=O) groups is 2. The zero-order valence-electron chi connectivity index (χ0n) is 23.0. The Morgan fingerprint density at radius 3 is 2.15 bits per heavy atom. The van der Waals surface area contributed by atoms with Crippen LogP contribution in [0.25, 0.3) is 0 Å². The van der Waals surface area contributed by atoms with Crippen LogP contribution in [0.15, 0.2) is 78.9 Å². The number of ether oxygens (including phenoxy) is 1. The van der Waals surface area contributed by atoms with Gasteiger partial charge < -0.3 is 15.0 Å². The number of aryl methyl sites for hydroxylation is 1. The van der Waals surface area contributed by atoms with Crippen molar-refractivity contribution in [1.82, 2.24) is 10.2 Å². The first-order valence-electron chi connectivity index (χ1n) is 13.0. The van der Waals surface area contributed by atoms with Gasteiger partial charge in [-0.05, 0) is 54.3 Å². The first-order valence-corrected chi connectivity index (χ1v) is 14.8. The van der Waals surface area contributed by atoms with E-state index < -0.39 is 28.5 Å². The van der Waals surface area contributed by atoms with Crippen molar-refractivity contribution in [1.29, 1.82) is 0 Å². The van der Waals surface area contributed by atoms with Crippen LogP contribution in [0.2, 0.25) is 0 Å². The van der Waals surface area contributed by atoms with Crippen molar-refractivity contribution in [2.45, 2.75) is 39.3 Å². The van der Waals surface area contributed by atoms with Gasteiger partial charge in [0, 0.05) is 19.5 Å². The predicted molar refractivity (Wildman–Crippen MR) is 154 cm³/mol. The van der Waals surface area contributed by atoms with Gasteiger partial charge in [0.05, 0.1) is 19.1 Å². The average Bonchev–Trinajstić information content (AvgIpc) is 2.93. The summed E-state index contributed by atoms with van der Waals surface area (Å²) >= 11 is 0. The van der Waals surface area contributed by atoms with Gasteiger partial charge >= 0.3 is 0 Å². The van der Waals surface area contributed by atoms with Gasteiger partial charge in [-0.25, -0.2) is 8.42 Å². The topological polar surface area (TPSA) is 96.0 Å². The highest BCUT2D eigenvalue weighted by molar-refractivity contribution is 7.92. The van der Waals surface area contributed by atoms with Gasteiger partial charge in [0.1, 0.15) is 18.3 Å². The van der Waals surface area contributed by atoms with Gasteiger partial charge in [0.15, 0.2) is 0 Å². The molecule has 8 nitrogen and oxygen atoms in total. The summed E-state index contributed by atoms with van der Waals surface area (Å²) in [7, 11) is -2.24. The number of anilines is 1. The molecule has 3 rings (SSSR count). The second-order valence-corrected chi connectivity index (χ2v) is 11.2. The van der Waals surface area contributed by atoms with Gasteiger partial charge in [-0.15, -0.1) is 0 Å². The molecule has 0 radical (unpaired) electrons. The van der Waals surface area contributed by atoms with Crippen LogP contribution in [0.4, 0.5) is 5.69 Å². The molecular weight excluding hydrogens is 514 g/mol. The van der Waals surface area contributed by atoms with Crippen molar-refractivity contribution >= 4 is 27.5 Å². The van der Waals surface area contributed by atoms with E-state index in [9.17, 15) is 18.0 Å². The minimum absolute atomic E-state index is 0.0943. The lowest BCUT2D eigenvalue weighted by atomic mass is 10.0. The van der Waals surface area contributed by atoms with Gasteiger partial charge in [-0.3, -0.25) is 13.9 Å². The Morgan fingerprint density at radius 1 is 0.897 bits per heavy atom. The Kier molecular flexibility index (Phi) is 10.5. The molecule has 0 bridgehead atoms. The van der Waals surface area contributed by atoms with Crippen molar-refractivity contribution in [2.24, 2.45) is 0 Å². The van der Waals surface area contributed by atoms with Crippen molar-refractivity contribution in [3.63, 3.8) is 0 Å². The lowest BCUT2D eigenvalue weighted by Gasteiger charge is -2.33. The normalized spacial score (nSPS) is 11.9. The number of carbonyl (C=O) groups excluding carboxylic acids is 2. The zero-order valence-corrected chi connectivity index (χ0v) is 23.8. The zero-order chi connectivity index (χ0) is 28.4. The van der Waals surface area contributed by atoms with Crippen molar-refractivity contribution in [3.8, 4) is 5.75 Å². The Balaban J connectivity index is 2.04. The summed E-state index contributed by atoms with van der Waals surface area (Å²) in [5.74, 6) is -0.183. The fraction of sp³-hybridized carbons (Fsp3) is 0.333. The molecule has 1 N–H and O–H groups in total. The van der Waals surface area contributed by atoms with E-state index in [1.807, 2.05) is 68.4 Å². The predicted octanol–water partition coefficient (Wildman–Crippen LogP) is 3.80. The van der Waals surface area contributed by atoms with Gasteiger partial charge in [0.2, 0.25) is 21.8 Å². The lowest BCUT2D eigenvalue weighted by molar-refractivity contribution is -0.140. The molecule has 9 heteroatoms. The molecule has 0 spiro atoms. The molecule has 0 aliphatic carbocycles. The number of methoxy groups -OCH3 is 1. The maximum atomic E-state index is 14.0. The van der Waals surface area contributed by atoms with Crippen LogP contribution >= 0.6 is 0 Å². The third-order valence-corrected chi connectivity index (χ3v) is 7.56. The molecule has 3 aromatic rings. The maximum Gasteiger partial charge on any atom is 0.244 e. The molecule has 0 heterocycles. The van der Waals surface area contributed by atoms with Crippen LogP contribution in [0, 0.1) is 0 Å². The Bertz CT molecular complexity index is 1340. The van der Waals surface area contributed by atoms with Crippen LogP contribution in [0.3, 0.4) is 0 Å². The molecule has 2 amide bonds. The van der Waals surface area contributed by atoms with E-state index in [4.69, 9.17) is 4.74 Å². The fourth-order valence-corrected chi connectivity index (χ4v) is 5.17. The van der Waals surface area contributed by atoms with Crippen molar-refractivity contribution in [2.75, 3.05) is 30.8 Å². The van der Waals surface area contributed by atoms with Crippen LogP contribution in [0.5, 0.6) is 5.75 Å². The fourth-order valence-electron chi connectivity index (χ4n) is 4.33. The summed E-state index contributed by atoms with van der Waals surface area (Å²) in [5, 5.41) is 2.85.